The molecule has 1 unspecified atom stereocenters. The maximum absolute atomic E-state index is 13.5. The van der Waals surface area contributed by atoms with Crippen LogP contribution in [0.3, 0.4) is 0 Å². The van der Waals surface area contributed by atoms with Gasteiger partial charge >= 0.3 is 0 Å². The molecule has 2 aliphatic rings. The van der Waals surface area contributed by atoms with Crippen molar-refractivity contribution in [2.24, 2.45) is 10.4 Å². The second-order valence-corrected chi connectivity index (χ2v) is 9.79. The van der Waals surface area contributed by atoms with E-state index in [0.717, 1.165) is 33.1 Å². The average Bonchev–Trinajstić information content (AvgIpc) is 3.63. The van der Waals surface area contributed by atoms with E-state index < -0.39 is 23.9 Å². The molecule has 198 valence electrons. The molecule has 5 N–H and O–H groups in total. The van der Waals surface area contributed by atoms with Gasteiger partial charge < -0.3 is 21.1 Å². The number of nitrogens with zero attached hydrogens (tertiary/aromatic N) is 5. The van der Waals surface area contributed by atoms with E-state index >= 15 is 0 Å². The van der Waals surface area contributed by atoms with Gasteiger partial charge in [0.25, 0.3) is 5.91 Å². The third-order valence-electron chi connectivity index (χ3n) is 6.08. The molecule has 0 saturated carbocycles. The van der Waals surface area contributed by atoms with Crippen LogP contribution >= 0.6 is 11.3 Å². The lowest BCUT2D eigenvalue weighted by molar-refractivity contribution is -0.00917. The number of nitrogens with one attached hydrogen (secondary N) is 4. The Labute approximate surface area is 224 Å². The number of fused-ring (bicyclic) bond motifs is 3. The van der Waals surface area contributed by atoms with Crippen molar-refractivity contribution in [3.05, 3.63) is 94.5 Å². The Hall–Kier alpha value is -4.66. The Kier molecular flexibility index (Phi) is 6.48. The van der Waals surface area contributed by atoms with Crippen molar-refractivity contribution >= 4 is 34.4 Å². The van der Waals surface area contributed by atoms with E-state index in [4.69, 9.17) is 0 Å². The van der Waals surface area contributed by atoms with Crippen LogP contribution in [0.25, 0.3) is 10.4 Å². The van der Waals surface area contributed by atoms with Gasteiger partial charge in [-0.25, -0.2) is 13.8 Å². The summed E-state index contributed by atoms with van der Waals surface area (Å²) in [5.41, 5.74) is 5.79. The maximum Gasteiger partial charge on any atom is 0.255 e. The van der Waals surface area contributed by atoms with Crippen molar-refractivity contribution in [2.75, 3.05) is 15.8 Å². The fraction of sp³-hybridized carbons (Fsp3) is 0.120. The Morgan fingerprint density at radius 2 is 1.97 bits per heavy atom. The van der Waals surface area contributed by atoms with Crippen molar-refractivity contribution in [3.8, 4) is 10.4 Å². The van der Waals surface area contributed by atoms with E-state index in [9.17, 15) is 18.7 Å². The first-order chi connectivity index (χ1) is 19.0. The molecular formula is C25H21F2N9O2S. The van der Waals surface area contributed by atoms with Crippen molar-refractivity contribution in [1.29, 1.82) is 0 Å². The van der Waals surface area contributed by atoms with Gasteiger partial charge in [-0.05, 0) is 75.2 Å². The van der Waals surface area contributed by atoms with Crippen LogP contribution in [0.4, 0.5) is 26.0 Å². The maximum atomic E-state index is 13.5. The molecule has 0 bridgehead atoms. The number of halogens is 2. The van der Waals surface area contributed by atoms with Gasteiger partial charge in [-0.1, -0.05) is 12.1 Å². The first-order valence-corrected chi connectivity index (χ1v) is 12.6. The number of carbonyl (C=O) groups excluding carboxylic acids is 1. The van der Waals surface area contributed by atoms with Crippen LogP contribution in [0.2, 0.25) is 0 Å². The molecule has 0 fully saturated rings. The number of amides is 1. The van der Waals surface area contributed by atoms with Gasteiger partial charge in [0.05, 0.1) is 17.8 Å². The molecule has 11 nitrogen and oxygen atoms in total. The molecule has 2 aliphatic heterocycles. The van der Waals surface area contributed by atoms with Gasteiger partial charge in [-0.2, -0.15) is 5.53 Å². The van der Waals surface area contributed by atoms with Gasteiger partial charge in [-0.3, -0.25) is 4.79 Å². The summed E-state index contributed by atoms with van der Waals surface area (Å²) in [7, 11) is 0. The minimum absolute atomic E-state index is 0.0422. The number of hydrogen-bond donors (Lipinski definition) is 5. The topological polar surface area (TPSA) is 130 Å². The van der Waals surface area contributed by atoms with Gasteiger partial charge in [0.1, 0.15) is 11.5 Å². The van der Waals surface area contributed by atoms with Crippen LogP contribution in [-0.4, -0.2) is 27.5 Å². The zero-order valence-corrected chi connectivity index (χ0v) is 20.9. The van der Waals surface area contributed by atoms with Crippen molar-refractivity contribution in [3.63, 3.8) is 0 Å². The van der Waals surface area contributed by atoms with Gasteiger partial charge in [0.15, 0.2) is 11.6 Å². The van der Waals surface area contributed by atoms with E-state index in [1.807, 2.05) is 30.3 Å². The van der Waals surface area contributed by atoms with E-state index in [1.165, 1.54) is 16.3 Å². The van der Waals surface area contributed by atoms with Crippen LogP contribution in [0.15, 0.2) is 77.3 Å². The standard InChI is InChI=1S/C25H21F2N9O2S/c26-18-6-3-14(10-19(18)27)12-30-24(37)17-2-1-9-28-23(17)29-13-16-5-8-22(39-16)15-4-7-20-21(11-15)35-33-32-34-36(35)25(38)31-20/h1-11,25,31,38H,12-13H2,(H,28,29)(H,30,37)(H,33,34). The number of aliphatic hydroxyl groups is 1. The number of carbonyl (C=O) groups is 1. The highest BCUT2D eigenvalue weighted by Gasteiger charge is 2.34. The Bertz CT molecular complexity index is 1580. The highest BCUT2D eigenvalue weighted by molar-refractivity contribution is 7.15. The summed E-state index contributed by atoms with van der Waals surface area (Å²) in [4.78, 5) is 19.1. The van der Waals surface area contributed by atoms with Crippen LogP contribution < -0.4 is 26.6 Å². The van der Waals surface area contributed by atoms with Crippen LogP contribution in [0, 0.1) is 11.6 Å². The smallest absolute Gasteiger partial charge is 0.255 e. The predicted molar refractivity (Wildman–Crippen MR) is 141 cm³/mol. The normalized spacial score (nSPS) is 15.8. The lowest BCUT2D eigenvalue weighted by Crippen LogP contribution is -2.55. The lowest BCUT2D eigenvalue weighted by atomic mass is 10.1. The number of benzene rings is 2. The van der Waals surface area contributed by atoms with Crippen molar-refractivity contribution < 1.29 is 18.7 Å². The SMILES string of the molecule is O=C(NCc1ccc(F)c(F)c1)c1cccnc1NCc1ccc(-c2ccc3c(c2)N2N=NNN2C(O)N3)s1. The average molecular weight is 550 g/mol. The second-order valence-electron chi connectivity index (χ2n) is 8.62. The van der Waals surface area contributed by atoms with E-state index in [1.54, 1.807) is 29.7 Å². The molecule has 0 radical (unpaired) electrons. The summed E-state index contributed by atoms with van der Waals surface area (Å²) in [5, 5.41) is 29.7. The zero-order chi connectivity index (χ0) is 26.9. The predicted octanol–water partition coefficient (Wildman–Crippen LogP) is 4.16. The first kappa shape index (κ1) is 24.7. The minimum Gasteiger partial charge on any atom is -0.365 e. The molecule has 2 aromatic heterocycles. The molecule has 6 rings (SSSR count). The van der Waals surface area contributed by atoms with Crippen molar-refractivity contribution in [2.45, 2.75) is 19.4 Å². The molecule has 0 spiro atoms. The monoisotopic (exact) mass is 549 g/mol. The Morgan fingerprint density at radius 3 is 2.85 bits per heavy atom. The summed E-state index contributed by atoms with van der Waals surface area (Å²) in [6.07, 6.45) is 0.572. The molecule has 39 heavy (non-hydrogen) atoms. The molecule has 1 atom stereocenters. The van der Waals surface area contributed by atoms with Crippen LogP contribution in [-0.2, 0) is 13.1 Å². The number of anilines is 3. The lowest BCUT2D eigenvalue weighted by Gasteiger charge is -2.35. The summed E-state index contributed by atoms with van der Waals surface area (Å²) in [6.45, 7) is 0.475. The number of aliphatic hydroxyl groups excluding tert-OH is 1. The Morgan fingerprint density at radius 1 is 1.08 bits per heavy atom. The highest BCUT2D eigenvalue weighted by Crippen LogP contribution is 2.39. The number of rotatable bonds is 7. The summed E-state index contributed by atoms with van der Waals surface area (Å²) in [6, 6.07) is 16.6. The largest absolute Gasteiger partial charge is 0.365 e. The fourth-order valence-corrected chi connectivity index (χ4v) is 5.09. The Balaban J connectivity index is 1.13. The number of hydrazine groups is 2. The summed E-state index contributed by atoms with van der Waals surface area (Å²) >= 11 is 1.58. The van der Waals surface area contributed by atoms with E-state index in [2.05, 4.69) is 36.9 Å². The number of thiophene rings is 1. The third-order valence-corrected chi connectivity index (χ3v) is 7.21. The molecule has 4 heterocycles. The molecule has 0 aliphatic carbocycles. The molecule has 14 heteroatoms. The third kappa shape index (κ3) is 4.95. The first-order valence-electron chi connectivity index (χ1n) is 11.8. The second kappa shape index (κ2) is 10.2. The van der Waals surface area contributed by atoms with Crippen LogP contribution in [0.1, 0.15) is 20.8 Å². The van der Waals surface area contributed by atoms with Crippen molar-refractivity contribution in [1.82, 2.24) is 21.0 Å². The molecule has 4 aromatic rings. The summed E-state index contributed by atoms with van der Waals surface area (Å²) in [5.74, 6) is -1.89. The van der Waals surface area contributed by atoms with E-state index in [0.29, 0.717) is 29.2 Å². The minimum atomic E-state index is -1.01. The quantitative estimate of drug-likeness (QED) is 0.233. The zero-order valence-electron chi connectivity index (χ0n) is 20.1. The van der Waals surface area contributed by atoms with Gasteiger partial charge in [-0.15, -0.1) is 16.5 Å². The highest BCUT2D eigenvalue weighted by atomic mass is 32.1. The molecule has 1 amide bonds. The van der Waals surface area contributed by atoms with Gasteiger partial charge in [0.2, 0.25) is 6.35 Å². The number of aromatic nitrogens is 1. The molecular weight excluding hydrogens is 528 g/mol. The van der Waals surface area contributed by atoms with Crippen LogP contribution in [0.5, 0.6) is 0 Å². The molecule has 2 aromatic carbocycles. The summed E-state index contributed by atoms with van der Waals surface area (Å²) < 4.78 is 26.6. The number of hydrogen-bond acceptors (Lipinski definition) is 11. The molecule has 0 saturated heterocycles. The van der Waals surface area contributed by atoms with Gasteiger partial charge in [0, 0.05) is 22.5 Å². The fourth-order valence-electron chi connectivity index (χ4n) is 4.14. The number of pyridine rings is 1. The van der Waals surface area contributed by atoms with E-state index in [-0.39, 0.29) is 6.54 Å².